The molecule has 4 aromatic rings. The first-order valence-corrected chi connectivity index (χ1v) is 9.59. The van der Waals surface area contributed by atoms with Gasteiger partial charge in [0.05, 0.1) is 6.07 Å². The first-order valence-electron chi connectivity index (χ1n) is 9.59. The van der Waals surface area contributed by atoms with Gasteiger partial charge in [-0.3, -0.25) is 9.36 Å². The molecule has 0 atom stereocenters. The predicted molar refractivity (Wildman–Crippen MR) is 108 cm³/mol. The summed E-state index contributed by atoms with van der Waals surface area (Å²) < 4.78 is 51.3. The van der Waals surface area contributed by atoms with Crippen molar-refractivity contribution in [3.63, 3.8) is 0 Å². The number of hydrogen-bond donors (Lipinski definition) is 1. The van der Waals surface area contributed by atoms with Crippen LogP contribution in [0.5, 0.6) is 5.88 Å². The zero-order valence-corrected chi connectivity index (χ0v) is 16.7. The molecule has 0 unspecified atom stereocenters. The number of H-pyrrole nitrogens is 1. The number of alkyl halides is 2. The van der Waals surface area contributed by atoms with Gasteiger partial charge >= 0.3 is 0 Å². The van der Waals surface area contributed by atoms with Crippen LogP contribution >= 0.6 is 0 Å². The summed E-state index contributed by atoms with van der Waals surface area (Å²) in [5.74, 6) is 4.75. The van der Waals surface area contributed by atoms with Gasteiger partial charge in [-0.15, -0.1) is 0 Å². The van der Waals surface area contributed by atoms with Crippen molar-refractivity contribution in [3.05, 3.63) is 57.9 Å². The summed E-state index contributed by atoms with van der Waals surface area (Å²) in [4.78, 5) is 23.3. The Kier molecular flexibility index (Phi) is 5.93. The van der Waals surface area contributed by atoms with Crippen LogP contribution in [0.25, 0.3) is 22.7 Å². The molecule has 4 rings (SSSR count). The minimum absolute atomic E-state index is 0.0160. The van der Waals surface area contributed by atoms with Crippen molar-refractivity contribution in [3.8, 4) is 29.3 Å². The molecule has 0 amide bonds. The fourth-order valence-corrected chi connectivity index (χ4v) is 2.98. The Bertz CT molecular complexity index is 1380. The van der Waals surface area contributed by atoms with E-state index < -0.39 is 17.8 Å². The summed E-state index contributed by atoms with van der Waals surface area (Å²) in [7, 11) is 0. The summed E-state index contributed by atoms with van der Waals surface area (Å²) in [6.07, 6.45) is -2.43. The molecule has 0 saturated carbocycles. The minimum Gasteiger partial charge on any atom is -0.462 e. The van der Waals surface area contributed by atoms with Gasteiger partial charge in [-0.2, -0.15) is 0 Å². The quantitative estimate of drug-likeness (QED) is 0.457. The molecule has 8 nitrogen and oxygen atoms in total. The Balaban J connectivity index is 1.54. The summed E-state index contributed by atoms with van der Waals surface area (Å²) in [6, 6.07) is 7.23. The Labute approximate surface area is 179 Å². The van der Waals surface area contributed by atoms with E-state index >= 15 is 0 Å². The molecule has 0 fully saturated rings. The largest absolute Gasteiger partial charge is 0.462 e. The molecule has 164 valence electrons. The fraction of sp³-hybridized carbons (Fsp3) is 0.238. The van der Waals surface area contributed by atoms with Crippen LogP contribution in [0.1, 0.15) is 31.2 Å². The number of imidazole rings is 1. The number of rotatable bonds is 6. The highest BCUT2D eigenvalue weighted by atomic mass is 19.3. The van der Waals surface area contributed by atoms with Gasteiger partial charge in [-0.25, -0.2) is 23.1 Å². The lowest BCUT2D eigenvalue weighted by Crippen LogP contribution is -2.25. The van der Waals surface area contributed by atoms with E-state index in [0.717, 1.165) is 4.57 Å². The van der Waals surface area contributed by atoms with Crippen molar-refractivity contribution >= 4 is 11.2 Å². The van der Waals surface area contributed by atoms with Crippen LogP contribution in [0.15, 0.2) is 39.6 Å². The van der Waals surface area contributed by atoms with Gasteiger partial charge in [0.25, 0.3) is 17.9 Å². The zero-order chi connectivity index (χ0) is 22.7. The Morgan fingerprint density at radius 3 is 2.88 bits per heavy atom. The molecule has 0 saturated heterocycles. The van der Waals surface area contributed by atoms with Crippen LogP contribution in [0.4, 0.5) is 13.2 Å². The third-order valence-corrected chi connectivity index (χ3v) is 4.35. The second-order valence-electron chi connectivity index (χ2n) is 6.64. The van der Waals surface area contributed by atoms with Gasteiger partial charge < -0.3 is 14.2 Å². The normalized spacial score (nSPS) is 11.0. The van der Waals surface area contributed by atoms with Crippen LogP contribution < -0.4 is 10.3 Å². The first kappa shape index (κ1) is 21.2. The standard InChI is InChI=1S/C21H16F3N5O3/c1-2-8-29-20(17(23)24)27-19-16(21(29)30)25-18(26-19)14-11-15(28-32-14)31-9-4-6-12-5-3-7-13(22)10-12/h3,5,7,10-11,17H,2,8-9H2,1H3,(H,25,26). The van der Waals surface area contributed by atoms with E-state index in [1.807, 2.05) is 0 Å². The maximum Gasteiger partial charge on any atom is 0.295 e. The zero-order valence-electron chi connectivity index (χ0n) is 16.7. The highest BCUT2D eigenvalue weighted by Crippen LogP contribution is 2.24. The van der Waals surface area contributed by atoms with E-state index in [0.29, 0.717) is 12.0 Å². The second kappa shape index (κ2) is 8.97. The molecular weight excluding hydrogens is 427 g/mol. The number of nitrogens with one attached hydrogen (secondary N) is 1. The first-order chi connectivity index (χ1) is 15.5. The van der Waals surface area contributed by atoms with Gasteiger partial charge in [-0.05, 0) is 29.8 Å². The number of hydrogen-bond acceptors (Lipinski definition) is 6. The molecular formula is C21H16F3N5O3. The molecule has 0 aliphatic rings. The number of aromatic nitrogens is 5. The van der Waals surface area contributed by atoms with E-state index in [4.69, 9.17) is 9.26 Å². The van der Waals surface area contributed by atoms with E-state index in [2.05, 4.69) is 31.9 Å². The number of halogens is 3. The molecule has 0 aliphatic heterocycles. The van der Waals surface area contributed by atoms with Gasteiger partial charge in [0.2, 0.25) is 5.76 Å². The van der Waals surface area contributed by atoms with Gasteiger partial charge in [0.1, 0.15) is 5.82 Å². The van der Waals surface area contributed by atoms with Crippen molar-refractivity contribution in [2.45, 2.75) is 26.3 Å². The summed E-state index contributed by atoms with van der Waals surface area (Å²) in [5, 5.41) is 3.73. The number of nitrogens with zero attached hydrogens (tertiary/aromatic N) is 4. The van der Waals surface area contributed by atoms with Crippen LogP contribution in [-0.4, -0.2) is 31.3 Å². The molecule has 0 aliphatic carbocycles. The van der Waals surface area contributed by atoms with Crippen LogP contribution in [0, 0.1) is 17.7 Å². The van der Waals surface area contributed by atoms with Crippen LogP contribution in [0.3, 0.4) is 0 Å². The monoisotopic (exact) mass is 443 g/mol. The Morgan fingerprint density at radius 1 is 1.28 bits per heavy atom. The molecule has 3 heterocycles. The van der Waals surface area contributed by atoms with Crippen molar-refractivity contribution in [1.82, 2.24) is 24.7 Å². The molecule has 0 bridgehead atoms. The van der Waals surface area contributed by atoms with Crippen molar-refractivity contribution in [2.24, 2.45) is 0 Å². The Morgan fingerprint density at radius 2 is 2.12 bits per heavy atom. The average Bonchev–Trinajstić information content (AvgIpc) is 3.40. The summed E-state index contributed by atoms with van der Waals surface area (Å²) in [5.41, 5.74) is -0.305. The maximum atomic E-state index is 13.3. The van der Waals surface area contributed by atoms with Gasteiger partial charge in [-0.1, -0.05) is 24.8 Å². The smallest absolute Gasteiger partial charge is 0.295 e. The van der Waals surface area contributed by atoms with E-state index in [-0.39, 0.29) is 47.6 Å². The molecule has 1 N–H and O–H groups in total. The van der Waals surface area contributed by atoms with Crippen LogP contribution in [0.2, 0.25) is 0 Å². The molecule has 3 aromatic heterocycles. The lowest BCUT2D eigenvalue weighted by molar-refractivity contribution is 0.133. The van der Waals surface area contributed by atoms with E-state index in [9.17, 15) is 18.0 Å². The molecule has 0 spiro atoms. The lowest BCUT2D eigenvalue weighted by atomic mass is 10.2. The SMILES string of the molecule is CCCn1c(C(F)F)nc2nc(-c3cc(OCC#Cc4cccc(F)c4)no3)[nH]c2c1=O. The van der Waals surface area contributed by atoms with Crippen molar-refractivity contribution < 1.29 is 22.4 Å². The third kappa shape index (κ3) is 4.34. The maximum absolute atomic E-state index is 13.3. The average molecular weight is 443 g/mol. The molecule has 0 radical (unpaired) electrons. The van der Waals surface area contributed by atoms with Gasteiger partial charge in [0, 0.05) is 12.1 Å². The Hall–Kier alpha value is -4.07. The van der Waals surface area contributed by atoms with E-state index in [1.54, 1.807) is 19.1 Å². The fourth-order valence-electron chi connectivity index (χ4n) is 2.98. The van der Waals surface area contributed by atoms with Gasteiger partial charge in [0.15, 0.2) is 29.4 Å². The summed E-state index contributed by atoms with van der Waals surface area (Å²) >= 11 is 0. The topological polar surface area (TPSA) is 98.8 Å². The number of fused-ring (bicyclic) bond motifs is 1. The third-order valence-electron chi connectivity index (χ3n) is 4.35. The minimum atomic E-state index is -2.92. The summed E-state index contributed by atoms with van der Waals surface area (Å²) in [6.45, 7) is 1.83. The number of benzene rings is 1. The highest BCUT2D eigenvalue weighted by molar-refractivity contribution is 5.74. The van der Waals surface area contributed by atoms with Crippen molar-refractivity contribution in [2.75, 3.05) is 6.61 Å². The van der Waals surface area contributed by atoms with Crippen molar-refractivity contribution in [1.29, 1.82) is 0 Å². The second-order valence-corrected chi connectivity index (χ2v) is 6.64. The number of aromatic amines is 1. The van der Waals surface area contributed by atoms with Crippen LogP contribution in [-0.2, 0) is 6.54 Å². The molecule has 11 heteroatoms. The predicted octanol–water partition coefficient (Wildman–Crippen LogP) is 3.69. The number of ether oxygens (including phenoxy) is 1. The van der Waals surface area contributed by atoms with E-state index in [1.165, 1.54) is 18.2 Å². The molecule has 1 aromatic carbocycles. The lowest BCUT2D eigenvalue weighted by Gasteiger charge is -2.09. The highest BCUT2D eigenvalue weighted by Gasteiger charge is 2.22. The molecule has 32 heavy (non-hydrogen) atoms.